The van der Waals surface area contributed by atoms with Crippen LogP contribution >= 0.6 is 0 Å². The van der Waals surface area contributed by atoms with Gasteiger partial charge < -0.3 is 5.11 Å². The molecule has 0 aliphatic carbocycles. The minimum atomic E-state index is -4.39. The van der Waals surface area contributed by atoms with Crippen molar-refractivity contribution in [3.8, 4) is 5.75 Å². The van der Waals surface area contributed by atoms with Crippen LogP contribution in [0.3, 0.4) is 0 Å². The van der Waals surface area contributed by atoms with Crippen LogP contribution in [0.1, 0.15) is 20.7 Å². The fourth-order valence-corrected chi connectivity index (χ4v) is 3.77. The number of hydroxylamine groups is 2. The maximum Gasteiger partial charge on any atom is 0.318 e. The Kier molecular flexibility index (Phi) is 3.53. The molecule has 0 bridgehead atoms. The number of hydrogen-bond donors (Lipinski definition) is 1. The zero-order chi connectivity index (χ0) is 18.5. The van der Waals surface area contributed by atoms with Crippen LogP contribution in [0.4, 0.5) is 0 Å². The molecule has 3 aromatic rings. The molecule has 1 heterocycles. The molecule has 0 saturated carbocycles. The summed E-state index contributed by atoms with van der Waals surface area (Å²) in [4.78, 5) is 25.1. The van der Waals surface area contributed by atoms with Gasteiger partial charge in [-0.25, -0.2) is 0 Å². The smallest absolute Gasteiger partial charge is 0.318 e. The number of carbonyl (C=O) groups is 2. The maximum absolute atomic E-state index is 12.7. The van der Waals surface area contributed by atoms with Gasteiger partial charge in [-0.05, 0) is 35.7 Å². The fourth-order valence-electron chi connectivity index (χ4n) is 2.87. The van der Waals surface area contributed by atoms with Gasteiger partial charge >= 0.3 is 10.1 Å². The molecule has 0 saturated heterocycles. The second-order valence-electron chi connectivity index (χ2n) is 5.64. The van der Waals surface area contributed by atoms with E-state index < -0.39 is 21.9 Å². The number of phenols is 1. The van der Waals surface area contributed by atoms with Crippen molar-refractivity contribution in [3.63, 3.8) is 0 Å². The molecule has 26 heavy (non-hydrogen) atoms. The lowest BCUT2D eigenvalue weighted by molar-refractivity contribution is -0.0155. The third-order valence-corrected chi connectivity index (χ3v) is 5.19. The number of hydrogen-bond acceptors (Lipinski definition) is 6. The number of aromatic hydroxyl groups is 1. The Morgan fingerprint density at radius 3 is 2.27 bits per heavy atom. The van der Waals surface area contributed by atoms with Crippen molar-refractivity contribution in [2.24, 2.45) is 0 Å². The first-order valence-corrected chi connectivity index (χ1v) is 8.93. The molecule has 0 spiro atoms. The van der Waals surface area contributed by atoms with Crippen molar-refractivity contribution in [1.82, 2.24) is 5.06 Å². The quantitative estimate of drug-likeness (QED) is 0.712. The highest BCUT2D eigenvalue weighted by Crippen LogP contribution is 2.34. The molecule has 3 aromatic carbocycles. The summed E-state index contributed by atoms with van der Waals surface area (Å²) < 4.78 is 29.6. The monoisotopic (exact) mass is 369 g/mol. The summed E-state index contributed by atoms with van der Waals surface area (Å²) in [7, 11) is -4.39. The number of rotatable bonds is 3. The Bertz CT molecular complexity index is 1170. The van der Waals surface area contributed by atoms with Gasteiger partial charge in [0.15, 0.2) is 0 Å². The summed E-state index contributed by atoms with van der Waals surface area (Å²) in [6, 6.07) is 14.4. The first-order valence-electron chi connectivity index (χ1n) is 7.53. The Hall–Kier alpha value is -3.23. The van der Waals surface area contributed by atoms with Crippen LogP contribution in [0.2, 0.25) is 0 Å². The number of nitrogens with zero attached hydrogens (tertiary/aromatic N) is 1. The van der Waals surface area contributed by atoms with Crippen LogP contribution < -0.4 is 0 Å². The zero-order valence-corrected chi connectivity index (χ0v) is 13.9. The van der Waals surface area contributed by atoms with Gasteiger partial charge in [0.05, 0.1) is 16.0 Å². The Balaban J connectivity index is 1.83. The number of benzene rings is 3. The number of imide groups is 1. The van der Waals surface area contributed by atoms with E-state index in [-0.39, 0.29) is 26.8 Å². The summed E-state index contributed by atoms with van der Waals surface area (Å²) in [5.74, 6) is -2.04. The molecule has 7 nitrogen and oxygen atoms in total. The molecule has 0 aromatic heterocycles. The normalized spacial score (nSPS) is 14.1. The number of carbonyl (C=O) groups excluding carboxylic acids is 2. The van der Waals surface area contributed by atoms with Crippen LogP contribution in [0.15, 0.2) is 65.6 Å². The number of phenolic OH excluding ortho intramolecular Hbond substituents is 1. The average molecular weight is 369 g/mol. The maximum atomic E-state index is 12.7. The standard InChI is InChI=1S/C18H11NO6S/c20-12-9-11-5-4-8-14-16(11)15(10-12)18(22)19(17(14)21)25-26(23,24)13-6-2-1-3-7-13/h1-10,20H. The van der Waals surface area contributed by atoms with E-state index >= 15 is 0 Å². The van der Waals surface area contributed by atoms with Crippen molar-refractivity contribution >= 4 is 32.7 Å². The molecule has 1 aliphatic rings. The molecule has 0 atom stereocenters. The third kappa shape index (κ3) is 2.43. The molecule has 0 unspecified atom stereocenters. The van der Waals surface area contributed by atoms with E-state index in [4.69, 9.17) is 4.28 Å². The van der Waals surface area contributed by atoms with Crippen LogP contribution in [0.25, 0.3) is 10.8 Å². The van der Waals surface area contributed by atoms with Gasteiger partial charge in [-0.2, -0.15) is 8.42 Å². The molecular weight excluding hydrogens is 358 g/mol. The summed E-state index contributed by atoms with van der Waals surface area (Å²) in [5, 5.41) is 10.9. The van der Waals surface area contributed by atoms with E-state index in [9.17, 15) is 23.1 Å². The average Bonchev–Trinajstić information content (AvgIpc) is 2.63. The third-order valence-electron chi connectivity index (χ3n) is 4.00. The van der Waals surface area contributed by atoms with Crippen molar-refractivity contribution in [2.45, 2.75) is 4.90 Å². The summed E-state index contributed by atoms with van der Waals surface area (Å²) in [6.45, 7) is 0. The highest BCUT2D eigenvalue weighted by Gasteiger charge is 2.37. The SMILES string of the molecule is O=C1c2cccc3cc(O)cc(c23)C(=O)N1OS(=O)(=O)c1ccccc1. The molecule has 1 aliphatic heterocycles. The molecule has 130 valence electrons. The minimum Gasteiger partial charge on any atom is -0.508 e. The highest BCUT2D eigenvalue weighted by molar-refractivity contribution is 7.86. The summed E-state index contributed by atoms with van der Waals surface area (Å²) >= 11 is 0. The van der Waals surface area contributed by atoms with E-state index in [0.717, 1.165) is 0 Å². The Morgan fingerprint density at radius 1 is 0.846 bits per heavy atom. The molecule has 0 fully saturated rings. The number of amides is 2. The van der Waals surface area contributed by atoms with Gasteiger partial charge in [0.25, 0.3) is 11.8 Å². The van der Waals surface area contributed by atoms with E-state index in [0.29, 0.717) is 10.8 Å². The fraction of sp³-hybridized carbons (Fsp3) is 0. The van der Waals surface area contributed by atoms with E-state index in [1.165, 1.54) is 42.5 Å². The molecule has 0 radical (unpaired) electrons. The van der Waals surface area contributed by atoms with Crippen molar-refractivity contribution in [3.05, 3.63) is 71.8 Å². The van der Waals surface area contributed by atoms with E-state index in [1.54, 1.807) is 18.2 Å². The lowest BCUT2D eigenvalue weighted by Gasteiger charge is -2.25. The van der Waals surface area contributed by atoms with E-state index in [1.807, 2.05) is 0 Å². The molecule has 8 heteroatoms. The molecule has 2 amide bonds. The summed E-state index contributed by atoms with van der Waals surface area (Å²) in [5.41, 5.74) is 0.0961. The van der Waals surface area contributed by atoms with Crippen LogP contribution in [-0.4, -0.2) is 30.4 Å². The van der Waals surface area contributed by atoms with Crippen molar-refractivity contribution in [2.75, 3.05) is 0 Å². The van der Waals surface area contributed by atoms with Crippen LogP contribution in [0, 0.1) is 0 Å². The predicted molar refractivity (Wildman–Crippen MR) is 90.8 cm³/mol. The zero-order valence-electron chi connectivity index (χ0n) is 13.1. The van der Waals surface area contributed by atoms with Crippen LogP contribution in [0.5, 0.6) is 5.75 Å². The van der Waals surface area contributed by atoms with Crippen molar-refractivity contribution < 1.29 is 27.4 Å². The first-order chi connectivity index (χ1) is 12.4. The van der Waals surface area contributed by atoms with Crippen molar-refractivity contribution in [1.29, 1.82) is 0 Å². The van der Waals surface area contributed by atoms with Gasteiger partial charge in [-0.3, -0.25) is 9.59 Å². The second-order valence-corrected chi connectivity index (χ2v) is 7.17. The Morgan fingerprint density at radius 2 is 1.54 bits per heavy atom. The predicted octanol–water partition coefficient (Wildman–Crippen LogP) is 2.46. The molecule has 1 N–H and O–H groups in total. The lowest BCUT2D eigenvalue weighted by atomic mass is 9.95. The van der Waals surface area contributed by atoms with E-state index in [2.05, 4.69) is 0 Å². The van der Waals surface area contributed by atoms with Crippen LogP contribution in [-0.2, 0) is 14.4 Å². The van der Waals surface area contributed by atoms with Gasteiger partial charge in [0.2, 0.25) is 0 Å². The molecular formula is C18H11NO6S. The first kappa shape index (κ1) is 16.2. The lowest BCUT2D eigenvalue weighted by Crippen LogP contribution is -2.41. The largest absolute Gasteiger partial charge is 0.508 e. The second kappa shape index (κ2) is 5.65. The topological polar surface area (TPSA) is 101 Å². The van der Waals surface area contributed by atoms with Gasteiger partial charge in [-0.1, -0.05) is 30.3 Å². The molecule has 4 rings (SSSR count). The highest BCUT2D eigenvalue weighted by atomic mass is 32.2. The van der Waals surface area contributed by atoms with Gasteiger partial charge in [-0.15, -0.1) is 9.35 Å². The Labute approximate surface area is 148 Å². The minimum absolute atomic E-state index is 0.0153. The van der Waals surface area contributed by atoms with Gasteiger partial charge in [0, 0.05) is 5.39 Å². The summed E-state index contributed by atoms with van der Waals surface area (Å²) in [6.07, 6.45) is 0. The van der Waals surface area contributed by atoms with Gasteiger partial charge in [0.1, 0.15) is 5.75 Å².